The van der Waals surface area contributed by atoms with Crippen molar-refractivity contribution in [2.75, 3.05) is 6.61 Å². The Morgan fingerprint density at radius 1 is 1.62 bits per heavy atom. The van der Waals surface area contributed by atoms with Crippen LogP contribution >= 0.6 is 27.5 Å². The van der Waals surface area contributed by atoms with Crippen LogP contribution in [0.25, 0.3) is 0 Å². The topological polar surface area (TPSA) is 52.3 Å². The van der Waals surface area contributed by atoms with E-state index in [2.05, 4.69) is 15.9 Å². The van der Waals surface area contributed by atoms with Crippen molar-refractivity contribution in [1.29, 1.82) is 0 Å². The second-order valence-corrected chi connectivity index (χ2v) is 4.59. The molecule has 1 unspecified atom stereocenters. The maximum atomic E-state index is 11.3. The lowest BCUT2D eigenvalue weighted by molar-refractivity contribution is -0.144. The molecule has 88 valence electrons. The molecule has 0 bridgehead atoms. The van der Waals surface area contributed by atoms with Crippen LogP contribution in [0.3, 0.4) is 0 Å². The fraction of sp³-hybridized carbons (Fsp3) is 0.364. The predicted octanol–water partition coefficient (Wildman–Crippen LogP) is 2.54. The van der Waals surface area contributed by atoms with E-state index in [1.165, 1.54) is 0 Å². The van der Waals surface area contributed by atoms with Crippen molar-refractivity contribution < 1.29 is 9.53 Å². The minimum Gasteiger partial charge on any atom is -0.465 e. The number of carbonyl (C=O) groups excluding carboxylic acids is 1. The molecule has 0 spiro atoms. The first-order chi connectivity index (χ1) is 7.54. The molecule has 16 heavy (non-hydrogen) atoms. The summed E-state index contributed by atoms with van der Waals surface area (Å²) in [6.45, 7) is 2.09. The second kappa shape index (κ2) is 6.23. The van der Waals surface area contributed by atoms with Crippen LogP contribution in [-0.4, -0.2) is 18.6 Å². The zero-order valence-electron chi connectivity index (χ0n) is 8.87. The van der Waals surface area contributed by atoms with Crippen molar-refractivity contribution in [3.63, 3.8) is 0 Å². The fourth-order valence-electron chi connectivity index (χ4n) is 1.26. The third kappa shape index (κ3) is 3.77. The van der Waals surface area contributed by atoms with Gasteiger partial charge in [0.25, 0.3) is 0 Å². The summed E-state index contributed by atoms with van der Waals surface area (Å²) in [7, 11) is 0. The van der Waals surface area contributed by atoms with Crippen molar-refractivity contribution in [2.45, 2.75) is 19.4 Å². The molecule has 0 saturated carbocycles. The highest BCUT2D eigenvalue weighted by Crippen LogP contribution is 2.22. The summed E-state index contributed by atoms with van der Waals surface area (Å²) in [6.07, 6.45) is 0.427. The standard InChI is InChI=1S/C11H13BrClNO2/c1-2-16-11(15)10(14)5-7-3-4-8(13)6-9(7)12/h3-4,6,10H,2,5,14H2,1H3. The molecule has 2 N–H and O–H groups in total. The quantitative estimate of drug-likeness (QED) is 0.870. The molecule has 0 heterocycles. The first kappa shape index (κ1) is 13.5. The molecule has 0 aromatic heterocycles. The Morgan fingerprint density at radius 2 is 2.31 bits per heavy atom. The summed E-state index contributed by atoms with van der Waals surface area (Å²) in [5.41, 5.74) is 6.65. The predicted molar refractivity (Wildman–Crippen MR) is 67.5 cm³/mol. The minimum atomic E-state index is -0.641. The van der Waals surface area contributed by atoms with E-state index >= 15 is 0 Å². The van der Waals surface area contributed by atoms with Gasteiger partial charge in [0.2, 0.25) is 0 Å². The molecular formula is C11H13BrClNO2. The maximum Gasteiger partial charge on any atom is 0.323 e. The van der Waals surface area contributed by atoms with Gasteiger partial charge in [0.05, 0.1) is 6.61 Å². The van der Waals surface area contributed by atoms with Gasteiger partial charge in [-0.05, 0) is 31.0 Å². The number of hydrogen-bond donors (Lipinski definition) is 1. The molecule has 0 saturated heterocycles. The lowest BCUT2D eigenvalue weighted by Crippen LogP contribution is -2.34. The highest BCUT2D eigenvalue weighted by molar-refractivity contribution is 9.10. The van der Waals surface area contributed by atoms with E-state index in [1.54, 1.807) is 19.1 Å². The molecule has 0 amide bonds. The van der Waals surface area contributed by atoms with Gasteiger partial charge >= 0.3 is 5.97 Å². The highest BCUT2D eigenvalue weighted by Gasteiger charge is 2.16. The molecule has 1 aromatic carbocycles. The van der Waals surface area contributed by atoms with Crippen LogP contribution in [0.2, 0.25) is 5.02 Å². The van der Waals surface area contributed by atoms with Crippen LogP contribution in [0.1, 0.15) is 12.5 Å². The second-order valence-electron chi connectivity index (χ2n) is 3.30. The smallest absolute Gasteiger partial charge is 0.323 e. The van der Waals surface area contributed by atoms with Crippen LogP contribution in [0, 0.1) is 0 Å². The summed E-state index contributed by atoms with van der Waals surface area (Å²) in [4.78, 5) is 11.3. The van der Waals surface area contributed by atoms with Gasteiger partial charge in [0, 0.05) is 9.50 Å². The Morgan fingerprint density at radius 3 is 2.88 bits per heavy atom. The molecule has 0 fully saturated rings. The average molecular weight is 307 g/mol. The summed E-state index contributed by atoms with van der Waals surface area (Å²) in [5, 5.41) is 0.639. The number of nitrogens with two attached hydrogens (primary N) is 1. The van der Waals surface area contributed by atoms with E-state index in [0.717, 1.165) is 10.0 Å². The molecule has 0 aliphatic carbocycles. The molecular weight excluding hydrogens is 293 g/mol. The van der Waals surface area contributed by atoms with E-state index < -0.39 is 6.04 Å². The highest BCUT2D eigenvalue weighted by atomic mass is 79.9. The Kier molecular flexibility index (Phi) is 5.25. The number of carbonyl (C=O) groups is 1. The van der Waals surface area contributed by atoms with E-state index in [-0.39, 0.29) is 5.97 Å². The Labute approximate surface area is 108 Å². The van der Waals surface area contributed by atoms with Gasteiger partial charge in [-0.3, -0.25) is 4.79 Å². The van der Waals surface area contributed by atoms with Crippen LogP contribution in [0.15, 0.2) is 22.7 Å². The average Bonchev–Trinajstić information content (AvgIpc) is 2.22. The number of benzene rings is 1. The summed E-state index contributed by atoms with van der Waals surface area (Å²) in [6, 6.07) is 4.73. The molecule has 0 aliphatic heterocycles. The Bertz CT molecular complexity index is 384. The zero-order chi connectivity index (χ0) is 12.1. The monoisotopic (exact) mass is 305 g/mol. The van der Waals surface area contributed by atoms with Gasteiger partial charge in [-0.25, -0.2) is 0 Å². The van der Waals surface area contributed by atoms with Gasteiger partial charge in [-0.15, -0.1) is 0 Å². The Hall–Kier alpha value is -0.580. The van der Waals surface area contributed by atoms with E-state index in [9.17, 15) is 4.79 Å². The number of hydrogen-bond acceptors (Lipinski definition) is 3. The number of halogens is 2. The molecule has 1 atom stereocenters. The van der Waals surface area contributed by atoms with Gasteiger partial charge < -0.3 is 10.5 Å². The molecule has 3 nitrogen and oxygen atoms in total. The van der Waals surface area contributed by atoms with Crippen molar-refractivity contribution in [3.05, 3.63) is 33.3 Å². The van der Waals surface area contributed by atoms with Gasteiger partial charge in [0.1, 0.15) is 6.04 Å². The number of ether oxygens (including phenoxy) is 1. The van der Waals surface area contributed by atoms with Gasteiger partial charge in [0.15, 0.2) is 0 Å². The first-order valence-corrected chi connectivity index (χ1v) is 6.07. The van der Waals surface area contributed by atoms with Crippen molar-refractivity contribution >= 4 is 33.5 Å². The third-order valence-corrected chi connectivity index (χ3v) is 3.02. The zero-order valence-corrected chi connectivity index (χ0v) is 11.2. The summed E-state index contributed by atoms with van der Waals surface area (Å²) >= 11 is 9.18. The summed E-state index contributed by atoms with van der Waals surface area (Å²) in [5.74, 6) is -0.385. The van der Waals surface area contributed by atoms with E-state index in [1.807, 2.05) is 6.07 Å². The van der Waals surface area contributed by atoms with Crippen LogP contribution in [0.4, 0.5) is 0 Å². The summed E-state index contributed by atoms with van der Waals surface area (Å²) < 4.78 is 5.68. The largest absolute Gasteiger partial charge is 0.465 e. The lowest BCUT2D eigenvalue weighted by Gasteiger charge is -2.11. The van der Waals surface area contributed by atoms with Crippen LogP contribution in [-0.2, 0) is 16.0 Å². The molecule has 0 aliphatic rings. The molecule has 5 heteroatoms. The SMILES string of the molecule is CCOC(=O)C(N)Cc1ccc(Cl)cc1Br. The minimum absolute atomic E-state index is 0.342. The van der Waals surface area contributed by atoms with Crippen molar-refractivity contribution in [3.8, 4) is 0 Å². The normalized spacial score (nSPS) is 12.2. The first-order valence-electron chi connectivity index (χ1n) is 4.90. The Balaban J connectivity index is 2.69. The third-order valence-electron chi connectivity index (χ3n) is 2.04. The van der Waals surface area contributed by atoms with Gasteiger partial charge in [-0.2, -0.15) is 0 Å². The molecule has 1 aromatic rings. The van der Waals surface area contributed by atoms with E-state index in [0.29, 0.717) is 18.1 Å². The van der Waals surface area contributed by atoms with E-state index in [4.69, 9.17) is 22.1 Å². The maximum absolute atomic E-state index is 11.3. The molecule has 1 rings (SSSR count). The fourth-order valence-corrected chi connectivity index (χ4v) is 2.10. The van der Waals surface area contributed by atoms with Crippen LogP contribution in [0.5, 0.6) is 0 Å². The van der Waals surface area contributed by atoms with Crippen LogP contribution < -0.4 is 5.73 Å². The molecule has 0 radical (unpaired) electrons. The van der Waals surface area contributed by atoms with Crippen molar-refractivity contribution in [2.24, 2.45) is 5.73 Å². The number of rotatable bonds is 4. The number of esters is 1. The van der Waals surface area contributed by atoms with Gasteiger partial charge in [-0.1, -0.05) is 33.6 Å². The van der Waals surface area contributed by atoms with Crippen molar-refractivity contribution in [1.82, 2.24) is 0 Å². The lowest BCUT2D eigenvalue weighted by atomic mass is 10.1.